The molecule has 1 saturated carbocycles. The predicted octanol–water partition coefficient (Wildman–Crippen LogP) is 2.04. The van der Waals surface area contributed by atoms with Gasteiger partial charge in [0, 0.05) is 18.0 Å². The maximum absolute atomic E-state index is 12.3. The molecule has 1 fully saturated rings. The molecule has 0 aliphatic heterocycles. The Kier molecular flexibility index (Phi) is 3.61. The van der Waals surface area contributed by atoms with Crippen LogP contribution >= 0.6 is 11.3 Å². The molecule has 4 heteroatoms. The van der Waals surface area contributed by atoms with Gasteiger partial charge in [0.25, 0.3) is 5.91 Å². The third kappa shape index (κ3) is 2.13. The average molecular weight is 239 g/mol. The number of carbonyl (C=O) groups is 1. The van der Waals surface area contributed by atoms with Crippen LogP contribution in [0.15, 0.2) is 10.8 Å². The molecular formula is C12H17NO2S. The summed E-state index contributed by atoms with van der Waals surface area (Å²) in [4.78, 5) is 14.1. The Hall–Kier alpha value is -0.870. The average Bonchev–Trinajstić information content (AvgIpc) is 2.60. The second-order valence-corrected chi connectivity index (χ2v) is 5.02. The van der Waals surface area contributed by atoms with Gasteiger partial charge >= 0.3 is 0 Å². The van der Waals surface area contributed by atoms with Crippen molar-refractivity contribution in [2.75, 3.05) is 13.2 Å². The van der Waals surface area contributed by atoms with Gasteiger partial charge in [-0.25, -0.2) is 0 Å². The Morgan fingerprint density at radius 1 is 1.56 bits per heavy atom. The summed E-state index contributed by atoms with van der Waals surface area (Å²) in [7, 11) is 0. The molecule has 1 amide bonds. The Balaban J connectivity index is 2.13. The first-order valence-electron chi connectivity index (χ1n) is 5.68. The molecule has 88 valence electrons. The van der Waals surface area contributed by atoms with Crippen molar-refractivity contribution >= 4 is 17.2 Å². The minimum Gasteiger partial charge on any atom is -0.395 e. The number of amides is 1. The molecule has 2 rings (SSSR count). The summed E-state index contributed by atoms with van der Waals surface area (Å²) in [6.45, 7) is 2.46. The monoisotopic (exact) mass is 239 g/mol. The largest absolute Gasteiger partial charge is 0.395 e. The molecule has 1 N–H and O–H groups in total. The lowest BCUT2D eigenvalue weighted by atomic mass is 9.91. The smallest absolute Gasteiger partial charge is 0.255 e. The number of nitrogens with zero attached hydrogens (tertiary/aromatic N) is 1. The fraction of sp³-hybridized carbons (Fsp3) is 0.583. The van der Waals surface area contributed by atoms with Gasteiger partial charge in [0.05, 0.1) is 12.2 Å². The van der Waals surface area contributed by atoms with Crippen LogP contribution < -0.4 is 0 Å². The highest BCUT2D eigenvalue weighted by atomic mass is 32.1. The first-order valence-corrected chi connectivity index (χ1v) is 6.63. The zero-order chi connectivity index (χ0) is 11.5. The first-order chi connectivity index (χ1) is 7.74. The van der Waals surface area contributed by atoms with Gasteiger partial charge in [-0.3, -0.25) is 4.79 Å². The van der Waals surface area contributed by atoms with E-state index in [0.717, 1.165) is 24.0 Å². The molecule has 0 saturated heterocycles. The molecule has 0 spiro atoms. The number of rotatable bonds is 4. The fourth-order valence-corrected chi connectivity index (χ4v) is 2.81. The van der Waals surface area contributed by atoms with Gasteiger partial charge in [-0.15, -0.1) is 0 Å². The van der Waals surface area contributed by atoms with Crippen molar-refractivity contribution in [3.05, 3.63) is 21.9 Å². The van der Waals surface area contributed by atoms with Gasteiger partial charge in [0.2, 0.25) is 0 Å². The van der Waals surface area contributed by atoms with E-state index in [0.29, 0.717) is 12.6 Å². The molecular weight excluding hydrogens is 222 g/mol. The number of aliphatic hydroxyl groups excluding tert-OH is 1. The molecule has 0 bridgehead atoms. The van der Waals surface area contributed by atoms with Crippen LogP contribution in [-0.4, -0.2) is 35.1 Å². The van der Waals surface area contributed by atoms with Crippen LogP contribution in [0, 0.1) is 6.92 Å². The minimum absolute atomic E-state index is 0.0470. The van der Waals surface area contributed by atoms with E-state index in [-0.39, 0.29) is 12.5 Å². The zero-order valence-corrected chi connectivity index (χ0v) is 10.3. The van der Waals surface area contributed by atoms with E-state index in [1.807, 2.05) is 22.6 Å². The normalized spacial score (nSPS) is 15.9. The summed E-state index contributed by atoms with van der Waals surface area (Å²) in [5, 5.41) is 12.9. The topological polar surface area (TPSA) is 40.5 Å². The highest BCUT2D eigenvalue weighted by Gasteiger charge is 2.29. The van der Waals surface area contributed by atoms with Gasteiger partial charge in [0.15, 0.2) is 0 Å². The number of aliphatic hydroxyl groups is 1. The second-order valence-electron chi connectivity index (χ2n) is 4.28. The first kappa shape index (κ1) is 11.6. The third-order valence-corrected chi connectivity index (χ3v) is 4.06. The number of thiophene rings is 1. The standard InChI is InChI=1S/C12H17NO2S/c1-9-7-16-8-11(9)12(15)13(5-6-14)10-3-2-4-10/h7-8,10,14H,2-6H2,1H3. The lowest BCUT2D eigenvalue weighted by molar-refractivity contribution is 0.0525. The summed E-state index contributed by atoms with van der Waals surface area (Å²) in [5.41, 5.74) is 1.84. The Morgan fingerprint density at radius 2 is 2.31 bits per heavy atom. The summed E-state index contributed by atoms with van der Waals surface area (Å²) < 4.78 is 0. The molecule has 16 heavy (non-hydrogen) atoms. The van der Waals surface area contributed by atoms with Gasteiger partial charge in [-0.1, -0.05) is 0 Å². The third-order valence-electron chi connectivity index (χ3n) is 3.20. The quantitative estimate of drug-likeness (QED) is 0.873. The minimum atomic E-state index is 0.0470. The van der Waals surface area contributed by atoms with E-state index in [2.05, 4.69) is 0 Å². The van der Waals surface area contributed by atoms with Crippen LogP contribution in [0.5, 0.6) is 0 Å². The van der Waals surface area contributed by atoms with Crippen molar-refractivity contribution in [3.63, 3.8) is 0 Å². The molecule has 0 aromatic carbocycles. The molecule has 0 radical (unpaired) electrons. The van der Waals surface area contributed by atoms with E-state index >= 15 is 0 Å². The highest BCUT2D eigenvalue weighted by Crippen LogP contribution is 2.27. The van der Waals surface area contributed by atoms with Crippen LogP contribution in [0.4, 0.5) is 0 Å². The van der Waals surface area contributed by atoms with Gasteiger partial charge < -0.3 is 10.0 Å². The van der Waals surface area contributed by atoms with Crippen LogP contribution in [0.2, 0.25) is 0 Å². The van der Waals surface area contributed by atoms with Gasteiger partial charge in [-0.2, -0.15) is 11.3 Å². The van der Waals surface area contributed by atoms with E-state index < -0.39 is 0 Å². The summed E-state index contributed by atoms with van der Waals surface area (Å²) in [6.07, 6.45) is 3.35. The van der Waals surface area contributed by atoms with Crippen molar-refractivity contribution < 1.29 is 9.90 Å². The maximum Gasteiger partial charge on any atom is 0.255 e. The number of carbonyl (C=O) groups excluding carboxylic acids is 1. The molecule has 0 unspecified atom stereocenters. The lowest BCUT2D eigenvalue weighted by Gasteiger charge is -2.37. The van der Waals surface area contributed by atoms with Crippen molar-refractivity contribution in [2.45, 2.75) is 32.2 Å². The molecule has 1 heterocycles. The van der Waals surface area contributed by atoms with Crippen LogP contribution in [0.25, 0.3) is 0 Å². The maximum atomic E-state index is 12.3. The van der Waals surface area contributed by atoms with Crippen molar-refractivity contribution in [1.82, 2.24) is 4.90 Å². The molecule has 1 aliphatic rings. The summed E-state index contributed by atoms with van der Waals surface area (Å²) in [5.74, 6) is 0.0810. The van der Waals surface area contributed by atoms with Crippen molar-refractivity contribution in [2.24, 2.45) is 0 Å². The molecule has 1 aliphatic carbocycles. The predicted molar refractivity (Wildman–Crippen MR) is 64.8 cm³/mol. The molecule has 3 nitrogen and oxygen atoms in total. The SMILES string of the molecule is Cc1cscc1C(=O)N(CCO)C1CCC1. The fourth-order valence-electron chi connectivity index (χ4n) is 1.99. The van der Waals surface area contributed by atoms with Gasteiger partial charge in [-0.05, 0) is 37.1 Å². The van der Waals surface area contributed by atoms with E-state index in [1.165, 1.54) is 6.42 Å². The van der Waals surface area contributed by atoms with E-state index in [9.17, 15) is 4.79 Å². The van der Waals surface area contributed by atoms with Crippen LogP contribution in [0.3, 0.4) is 0 Å². The van der Waals surface area contributed by atoms with E-state index in [1.54, 1.807) is 11.3 Å². The zero-order valence-electron chi connectivity index (χ0n) is 9.48. The van der Waals surface area contributed by atoms with Crippen LogP contribution in [0.1, 0.15) is 35.2 Å². The van der Waals surface area contributed by atoms with E-state index in [4.69, 9.17) is 5.11 Å². The molecule has 1 aromatic heterocycles. The lowest BCUT2D eigenvalue weighted by Crippen LogP contribution is -2.45. The Labute approximate surface area is 99.7 Å². The summed E-state index contributed by atoms with van der Waals surface area (Å²) in [6, 6.07) is 0.346. The highest BCUT2D eigenvalue weighted by molar-refractivity contribution is 7.08. The van der Waals surface area contributed by atoms with Gasteiger partial charge in [0.1, 0.15) is 0 Å². The summed E-state index contributed by atoms with van der Waals surface area (Å²) >= 11 is 1.56. The van der Waals surface area contributed by atoms with Crippen molar-refractivity contribution in [1.29, 1.82) is 0 Å². The van der Waals surface area contributed by atoms with Crippen molar-refractivity contribution in [3.8, 4) is 0 Å². The number of hydrogen-bond acceptors (Lipinski definition) is 3. The molecule has 1 aromatic rings. The number of aryl methyl sites for hydroxylation is 1. The second kappa shape index (κ2) is 4.97. The Bertz CT molecular complexity index is 371. The number of hydrogen-bond donors (Lipinski definition) is 1. The molecule has 0 atom stereocenters. The Morgan fingerprint density at radius 3 is 2.75 bits per heavy atom. The van der Waals surface area contributed by atoms with Crippen LogP contribution in [-0.2, 0) is 0 Å².